The Hall–Kier alpha value is -0.120. The molecular weight excluding hydrogens is 154 g/mol. The fourth-order valence-electron chi connectivity index (χ4n) is 1.13. The number of aliphatic hydroxyl groups excluding tert-OH is 1. The Morgan fingerprint density at radius 3 is 2.58 bits per heavy atom. The quantitative estimate of drug-likeness (QED) is 0.600. The molecule has 2 N–H and O–H groups in total. The van der Waals surface area contributed by atoms with E-state index in [1.807, 2.05) is 0 Å². The van der Waals surface area contributed by atoms with Crippen molar-refractivity contribution in [3.8, 4) is 0 Å². The first-order valence-corrected chi connectivity index (χ1v) is 4.61. The molecule has 12 heavy (non-hydrogen) atoms. The highest BCUT2D eigenvalue weighted by molar-refractivity contribution is 4.66. The van der Waals surface area contributed by atoms with Crippen LogP contribution in [0, 0.1) is 0 Å². The van der Waals surface area contributed by atoms with Crippen molar-refractivity contribution in [2.75, 3.05) is 20.3 Å². The molecule has 0 spiro atoms. The van der Waals surface area contributed by atoms with Crippen LogP contribution in [-0.2, 0) is 4.74 Å². The Bertz CT molecular complexity index is 90.5. The van der Waals surface area contributed by atoms with Gasteiger partial charge in [-0.25, -0.2) is 0 Å². The molecule has 3 nitrogen and oxygen atoms in total. The first-order chi connectivity index (χ1) is 5.70. The molecule has 1 unspecified atom stereocenters. The first kappa shape index (κ1) is 11.9. The van der Waals surface area contributed by atoms with E-state index in [1.165, 1.54) is 0 Å². The van der Waals surface area contributed by atoms with Crippen molar-refractivity contribution in [1.82, 2.24) is 5.32 Å². The van der Waals surface area contributed by atoms with Gasteiger partial charge in [-0.1, -0.05) is 13.3 Å². The van der Waals surface area contributed by atoms with Crippen molar-refractivity contribution in [1.29, 1.82) is 0 Å². The summed E-state index contributed by atoms with van der Waals surface area (Å²) in [6.07, 6.45) is 1.96. The Labute approximate surface area is 75.1 Å². The minimum atomic E-state index is -0.277. The summed E-state index contributed by atoms with van der Waals surface area (Å²) in [4.78, 5) is 0. The van der Waals surface area contributed by atoms with E-state index in [9.17, 15) is 0 Å². The van der Waals surface area contributed by atoms with E-state index in [0.29, 0.717) is 12.6 Å². The number of rotatable bonds is 7. The fourth-order valence-corrected chi connectivity index (χ4v) is 1.13. The molecule has 0 fully saturated rings. The predicted molar refractivity (Wildman–Crippen MR) is 50.3 cm³/mol. The molecule has 0 aliphatic rings. The van der Waals surface area contributed by atoms with Gasteiger partial charge in [-0.15, -0.1) is 0 Å². The van der Waals surface area contributed by atoms with Gasteiger partial charge < -0.3 is 15.2 Å². The zero-order valence-electron chi connectivity index (χ0n) is 8.34. The summed E-state index contributed by atoms with van der Waals surface area (Å²) in [5, 5.41) is 12.3. The first-order valence-electron chi connectivity index (χ1n) is 4.61. The summed E-state index contributed by atoms with van der Waals surface area (Å²) in [5.41, 5.74) is 0. The summed E-state index contributed by atoms with van der Waals surface area (Å²) >= 11 is 0. The maximum atomic E-state index is 9.03. The van der Waals surface area contributed by atoms with Crippen LogP contribution in [-0.4, -0.2) is 37.5 Å². The normalized spacial score (nSPS) is 16.0. The predicted octanol–water partition coefficient (Wildman–Crippen LogP) is 0.772. The lowest BCUT2D eigenvalue weighted by Crippen LogP contribution is -2.37. The van der Waals surface area contributed by atoms with Crippen LogP contribution in [0.1, 0.15) is 26.7 Å². The van der Waals surface area contributed by atoms with E-state index >= 15 is 0 Å². The van der Waals surface area contributed by atoms with Crippen LogP contribution >= 0.6 is 0 Å². The van der Waals surface area contributed by atoms with Crippen LogP contribution in [0.15, 0.2) is 0 Å². The monoisotopic (exact) mass is 175 g/mol. The lowest BCUT2D eigenvalue weighted by molar-refractivity contribution is 0.142. The minimum absolute atomic E-state index is 0.277. The lowest BCUT2D eigenvalue weighted by atomic mass is 10.2. The molecule has 0 aliphatic heterocycles. The average molecular weight is 175 g/mol. The van der Waals surface area contributed by atoms with E-state index in [2.05, 4.69) is 12.2 Å². The Balaban J connectivity index is 3.48. The summed E-state index contributed by atoms with van der Waals surface area (Å²) < 4.78 is 5.04. The number of aliphatic hydroxyl groups is 1. The molecule has 0 aromatic heterocycles. The van der Waals surface area contributed by atoms with Gasteiger partial charge in [0.15, 0.2) is 0 Å². The number of hydrogen-bond acceptors (Lipinski definition) is 3. The molecule has 0 amide bonds. The minimum Gasteiger partial charge on any atom is -0.392 e. The van der Waals surface area contributed by atoms with E-state index in [0.717, 1.165) is 19.4 Å². The fraction of sp³-hybridized carbons (Fsp3) is 1.00. The van der Waals surface area contributed by atoms with Crippen molar-refractivity contribution in [3.63, 3.8) is 0 Å². The highest BCUT2D eigenvalue weighted by Gasteiger charge is 2.06. The zero-order chi connectivity index (χ0) is 9.40. The smallest absolute Gasteiger partial charge is 0.0636 e. The van der Waals surface area contributed by atoms with Gasteiger partial charge in [0, 0.05) is 19.7 Å². The van der Waals surface area contributed by atoms with Gasteiger partial charge in [-0.3, -0.25) is 0 Å². The molecule has 3 heteroatoms. The van der Waals surface area contributed by atoms with Gasteiger partial charge in [-0.2, -0.15) is 0 Å². The highest BCUT2D eigenvalue weighted by atomic mass is 16.5. The maximum Gasteiger partial charge on any atom is 0.0636 e. The molecule has 0 aromatic rings. The third-order valence-electron chi connectivity index (χ3n) is 1.71. The molecule has 0 aromatic carbocycles. The van der Waals surface area contributed by atoms with Gasteiger partial charge >= 0.3 is 0 Å². The topological polar surface area (TPSA) is 41.5 Å². The largest absolute Gasteiger partial charge is 0.392 e. The zero-order valence-corrected chi connectivity index (χ0v) is 8.34. The second-order valence-corrected chi connectivity index (χ2v) is 3.20. The van der Waals surface area contributed by atoms with Gasteiger partial charge in [0.1, 0.15) is 0 Å². The Morgan fingerprint density at radius 1 is 1.50 bits per heavy atom. The van der Waals surface area contributed by atoms with Gasteiger partial charge in [-0.05, 0) is 13.3 Å². The third-order valence-corrected chi connectivity index (χ3v) is 1.71. The van der Waals surface area contributed by atoms with Crippen molar-refractivity contribution >= 4 is 0 Å². The van der Waals surface area contributed by atoms with Crippen molar-refractivity contribution in [2.45, 2.75) is 38.8 Å². The molecular formula is C9H21NO2. The van der Waals surface area contributed by atoms with Crippen molar-refractivity contribution in [2.24, 2.45) is 0 Å². The van der Waals surface area contributed by atoms with Crippen LogP contribution in [0.4, 0.5) is 0 Å². The van der Waals surface area contributed by atoms with Gasteiger partial charge in [0.2, 0.25) is 0 Å². The molecule has 0 heterocycles. The Kier molecular flexibility index (Phi) is 7.45. The molecule has 0 saturated heterocycles. The maximum absolute atomic E-state index is 9.03. The van der Waals surface area contributed by atoms with E-state index < -0.39 is 0 Å². The number of nitrogens with one attached hydrogen (secondary N) is 1. The standard InChI is InChI=1S/C9H21NO2/c1-4-5-9(7-12-3)10-6-8(2)11/h8-11H,4-7H2,1-3H3/t8-,9?/m0/s1. The summed E-state index contributed by atoms with van der Waals surface area (Å²) in [6, 6.07) is 0.384. The summed E-state index contributed by atoms with van der Waals surface area (Å²) in [7, 11) is 1.70. The van der Waals surface area contributed by atoms with Crippen LogP contribution in [0.2, 0.25) is 0 Å². The van der Waals surface area contributed by atoms with Gasteiger partial charge in [0.25, 0.3) is 0 Å². The van der Waals surface area contributed by atoms with Crippen LogP contribution in [0.3, 0.4) is 0 Å². The molecule has 0 aliphatic carbocycles. The summed E-state index contributed by atoms with van der Waals surface area (Å²) in [5.74, 6) is 0. The molecule has 2 atom stereocenters. The SMILES string of the molecule is CCCC(COC)NC[C@H](C)O. The van der Waals surface area contributed by atoms with Crippen LogP contribution < -0.4 is 5.32 Å². The molecule has 0 radical (unpaired) electrons. The average Bonchev–Trinajstić information content (AvgIpc) is 2.01. The number of hydrogen-bond donors (Lipinski definition) is 2. The van der Waals surface area contributed by atoms with E-state index in [-0.39, 0.29) is 6.10 Å². The van der Waals surface area contributed by atoms with Crippen molar-refractivity contribution < 1.29 is 9.84 Å². The lowest BCUT2D eigenvalue weighted by Gasteiger charge is -2.17. The number of ether oxygens (including phenoxy) is 1. The second-order valence-electron chi connectivity index (χ2n) is 3.20. The molecule has 0 rings (SSSR count). The highest BCUT2D eigenvalue weighted by Crippen LogP contribution is 1.96. The summed E-state index contributed by atoms with van der Waals surface area (Å²) in [6.45, 7) is 5.30. The van der Waals surface area contributed by atoms with E-state index in [4.69, 9.17) is 9.84 Å². The van der Waals surface area contributed by atoms with E-state index in [1.54, 1.807) is 14.0 Å². The van der Waals surface area contributed by atoms with Crippen LogP contribution in [0.5, 0.6) is 0 Å². The molecule has 0 bridgehead atoms. The molecule has 74 valence electrons. The van der Waals surface area contributed by atoms with Crippen LogP contribution in [0.25, 0.3) is 0 Å². The van der Waals surface area contributed by atoms with Gasteiger partial charge in [0.05, 0.1) is 12.7 Å². The van der Waals surface area contributed by atoms with Crippen molar-refractivity contribution in [3.05, 3.63) is 0 Å². The second kappa shape index (κ2) is 7.53. The Morgan fingerprint density at radius 2 is 2.17 bits per heavy atom. The third kappa shape index (κ3) is 6.58. The number of methoxy groups -OCH3 is 1. The molecule has 0 saturated carbocycles.